The van der Waals surface area contributed by atoms with Crippen LogP contribution in [0.3, 0.4) is 0 Å². The van der Waals surface area contributed by atoms with Gasteiger partial charge in [0.2, 0.25) is 11.8 Å². The van der Waals surface area contributed by atoms with Gasteiger partial charge in [0.1, 0.15) is 5.82 Å². The summed E-state index contributed by atoms with van der Waals surface area (Å²) in [7, 11) is 0. The molecule has 130 valence electrons. The van der Waals surface area contributed by atoms with Crippen molar-refractivity contribution < 1.29 is 9.59 Å². The molecule has 2 saturated heterocycles. The molecule has 1 atom stereocenters. The summed E-state index contributed by atoms with van der Waals surface area (Å²) in [4.78, 5) is 36.2. The third kappa shape index (κ3) is 4.01. The van der Waals surface area contributed by atoms with Crippen LogP contribution in [0.2, 0.25) is 0 Å². The van der Waals surface area contributed by atoms with Gasteiger partial charge in [-0.2, -0.15) is 0 Å². The maximum Gasteiger partial charge on any atom is 0.224 e. The number of nitrogens with two attached hydrogens (primary N) is 1. The van der Waals surface area contributed by atoms with Gasteiger partial charge in [-0.3, -0.25) is 14.6 Å². The second-order valence-corrected chi connectivity index (χ2v) is 6.67. The molecule has 3 heterocycles. The molecule has 2 N–H and O–H groups in total. The fourth-order valence-electron chi connectivity index (χ4n) is 3.60. The third-order valence-electron chi connectivity index (χ3n) is 4.93. The lowest BCUT2D eigenvalue weighted by Gasteiger charge is -2.33. The Morgan fingerprint density at radius 1 is 1.25 bits per heavy atom. The summed E-state index contributed by atoms with van der Waals surface area (Å²) in [6, 6.07) is 0. The van der Waals surface area contributed by atoms with E-state index in [1.54, 1.807) is 17.3 Å². The van der Waals surface area contributed by atoms with Gasteiger partial charge in [-0.15, -0.1) is 0 Å². The molecule has 3 rings (SSSR count). The molecule has 1 aromatic heterocycles. The quantitative estimate of drug-likeness (QED) is 0.863. The Hall–Kier alpha value is -2.18. The molecule has 7 nitrogen and oxygen atoms in total. The van der Waals surface area contributed by atoms with Crippen molar-refractivity contribution in [3.63, 3.8) is 0 Å². The average Bonchev–Trinajstić information content (AvgIpc) is 3.00. The lowest BCUT2D eigenvalue weighted by atomic mass is 9.93. The number of piperidine rings is 1. The molecule has 2 aliphatic rings. The van der Waals surface area contributed by atoms with Crippen molar-refractivity contribution in [3.05, 3.63) is 18.1 Å². The number of hydrogen-bond donors (Lipinski definition) is 1. The Morgan fingerprint density at radius 2 is 2.08 bits per heavy atom. The molecular formula is C17H25N5O2. The summed E-state index contributed by atoms with van der Waals surface area (Å²) in [5, 5.41) is 0. The summed E-state index contributed by atoms with van der Waals surface area (Å²) in [6.07, 6.45) is 8.04. The lowest BCUT2D eigenvalue weighted by Crippen LogP contribution is -2.42. The summed E-state index contributed by atoms with van der Waals surface area (Å²) in [5.74, 6) is 1.17. The Kier molecular flexibility index (Phi) is 5.27. The van der Waals surface area contributed by atoms with Gasteiger partial charge in [-0.05, 0) is 31.6 Å². The predicted molar refractivity (Wildman–Crippen MR) is 89.9 cm³/mol. The third-order valence-corrected chi connectivity index (χ3v) is 4.93. The number of amides is 2. The molecule has 0 aliphatic carbocycles. The zero-order chi connectivity index (χ0) is 16.9. The molecular weight excluding hydrogens is 306 g/mol. The van der Waals surface area contributed by atoms with E-state index in [-0.39, 0.29) is 11.8 Å². The summed E-state index contributed by atoms with van der Waals surface area (Å²) in [5.41, 5.74) is 6.69. The normalized spacial score (nSPS) is 21.3. The highest BCUT2D eigenvalue weighted by molar-refractivity contribution is 5.80. The molecule has 2 fully saturated rings. The van der Waals surface area contributed by atoms with Crippen molar-refractivity contribution >= 4 is 17.6 Å². The van der Waals surface area contributed by atoms with Crippen LogP contribution in [-0.4, -0.2) is 57.8 Å². The molecule has 0 aromatic carbocycles. The van der Waals surface area contributed by atoms with Crippen LogP contribution >= 0.6 is 0 Å². The number of nitrogens with zero attached hydrogens (tertiary/aromatic N) is 4. The lowest BCUT2D eigenvalue weighted by molar-refractivity contribution is -0.134. The fraction of sp³-hybridized carbons (Fsp3) is 0.647. The van der Waals surface area contributed by atoms with Crippen LogP contribution < -0.4 is 5.73 Å². The number of aromatic nitrogens is 2. The average molecular weight is 331 g/mol. The largest absolute Gasteiger partial charge is 0.382 e. The Morgan fingerprint density at radius 3 is 2.83 bits per heavy atom. The second-order valence-electron chi connectivity index (χ2n) is 6.67. The van der Waals surface area contributed by atoms with Crippen LogP contribution in [0.25, 0.3) is 0 Å². The SMILES string of the molecule is Nc1nccnc1C[C@H]1CCCN(C(=O)CCN2CCCC2=O)C1. The predicted octanol–water partition coefficient (Wildman–Crippen LogP) is 0.852. The van der Waals surface area contributed by atoms with Gasteiger partial charge in [0.05, 0.1) is 5.69 Å². The zero-order valence-corrected chi connectivity index (χ0v) is 14.0. The Labute approximate surface area is 142 Å². The van der Waals surface area contributed by atoms with E-state index in [4.69, 9.17) is 5.73 Å². The fourth-order valence-corrected chi connectivity index (χ4v) is 3.60. The summed E-state index contributed by atoms with van der Waals surface area (Å²) < 4.78 is 0. The highest BCUT2D eigenvalue weighted by atomic mass is 16.2. The molecule has 0 bridgehead atoms. The smallest absolute Gasteiger partial charge is 0.224 e. The van der Waals surface area contributed by atoms with E-state index in [0.717, 1.165) is 51.0 Å². The minimum Gasteiger partial charge on any atom is -0.382 e. The number of hydrogen-bond acceptors (Lipinski definition) is 5. The van der Waals surface area contributed by atoms with Crippen molar-refractivity contribution in [3.8, 4) is 0 Å². The first kappa shape index (κ1) is 16.7. The number of anilines is 1. The number of carbonyl (C=O) groups is 2. The number of carbonyl (C=O) groups excluding carboxylic acids is 2. The van der Waals surface area contributed by atoms with Gasteiger partial charge >= 0.3 is 0 Å². The van der Waals surface area contributed by atoms with Crippen molar-refractivity contribution in [2.75, 3.05) is 31.9 Å². The molecule has 1 aromatic rings. The maximum atomic E-state index is 12.5. The highest BCUT2D eigenvalue weighted by Gasteiger charge is 2.26. The van der Waals surface area contributed by atoms with Gasteiger partial charge in [0.15, 0.2) is 0 Å². The van der Waals surface area contributed by atoms with E-state index in [0.29, 0.717) is 31.1 Å². The van der Waals surface area contributed by atoms with Crippen LogP contribution in [0.1, 0.15) is 37.8 Å². The molecule has 7 heteroatoms. The Bertz CT molecular complexity index is 606. The molecule has 24 heavy (non-hydrogen) atoms. The standard InChI is InChI=1S/C17H25N5O2/c18-17-14(19-6-7-20-17)11-13-3-1-9-22(12-13)16(24)5-10-21-8-2-4-15(21)23/h6-7,13H,1-5,8-12H2,(H2,18,20)/t13-/m1/s1. The van der Waals surface area contributed by atoms with Crippen molar-refractivity contribution in [1.82, 2.24) is 19.8 Å². The van der Waals surface area contributed by atoms with E-state index in [1.807, 2.05) is 4.90 Å². The summed E-state index contributed by atoms with van der Waals surface area (Å²) in [6.45, 7) is 2.89. The minimum absolute atomic E-state index is 0.145. The van der Waals surface area contributed by atoms with Crippen molar-refractivity contribution in [2.45, 2.75) is 38.5 Å². The van der Waals surface area contributed by atoms with Crippen LogP contribution in [0.15, 0.2) is 12.4 Å². The van der Waals surface area contributed by atoms with Gasteiger partial charge in [-0.1, -0.05) is 0 Å². The van der Waals surface area contributed by atoms with Crippen LogP contribution in [0.4, 0.5) is 5.82 Å². The first-order valence-corrected chi connectivity index (χ1v) is 8.74. The van der Waals surface area contributed by atoms with E-state index >= 15 is 0 Å². The zero-order valence-electron chi connectivity index (χ0n) is 14.0. The van der Waals surface area contributed by atoms with E-state index in [1.165, 1.54) is 0 Å². The topological polar surface area (TPSA) is 92.4 Å². The monoisotopic (exact) mass is 331 g/mol. The molecule has 0 radical (unpaired) electrons. The van der Waals surface area contributed by atoms with Crippen molar-refractivity contribution in [1.29, 1.82) is 0 Å². The Balaban J connectivity index is 1.50. The second kappa shape index (κ2) is 7.59. The molecule has 2 amide bonds. The molecule has 2 aliphatic heterocycles. The van der Waals surface area contributed by atoms with Gasteiger partial charge in [0, 0.05) is 51.4 Å². The van der Waals surface area contributed by atoms with E-state index in [9.17, 15) is 9.59 Å². The van der Waals surface area contributed by atoms with E-state index < -0.39 is 0 Å². The van der Waals surface area contributed by atoms with Gasteiger partial charge < -0.3 is 15.5 Å². The highest BCUT2D eigenvalue weighted by Crippen LogP contribution is 2.22. The molecule has 0 unspecified atom stereocenters. The number of rotatable bonds is 5. The van der Waals surface area contributed by atoms with Crippen molar-refractivity contribution in [2.24, 2.45) is 5.92 Å². The molecule has 0 saturated carbocycles. The van der Waals surface area contributed by atoms with Gasteiger partial charge in [-0.25, -0.2) is 4.98 Å². The first-order valence-electron chi connectivity index (χ1n) is 8.74. The molecule has 0 spiro atoms. The van der Waals surface area contributed by atoms with Gasteiger partial charge in [0.25, 0.3) is 0 Å². The maximum absolute atomic E-state index is 12.5. The van der Waals surface area contributed by atoms with E-state index in [2.05, 4.69) is 9.97 Å². The number of likely N-dealkylation sites (tertiary alicyclic amines) is 2. The first-order chi connectivity index (χ1) is 11.6. The van der Waals surface area contributed by atoms with Crippen LogP contribution in [0, 0.1) is 5.92 Å². The number of nitrogen functional groups attached to an aromatic ring is 1. The van der Waals surface area contributed by atoms with Crippen LogP contribution in [0.5, 0.6) is 0 Å². The van der Waals surface area contributed by atoms with Crippen LogP contribution in [-0.2, 0) is 16.0 Å². The minimum atomic E-state index is 0.145. The summed E-state index contributed by atoms with van der Waals surface area (Å²) >= 11 is 0.